The van der Waals surface area contributed by atoms with Gasteiger partial charge in [0, 0.05) is 57.1 Å². The summed E-state index contributed by atoms with van der Waals surface area (Å²) < 4.78 is 7.44. The van der Waals surface area contributed by atoms with E-state index in [4.69, 9.17) is 4.74 Å². The fourth-order valence-electron chi connectivity index (χ4n) is 4.31. The van der Waals surface area contributed by atoms with Crippen LogP contribution in [0.4, 0.5) is 23.1 Å². The van der Waals surface area contributed by atoms with Crippen LogP contribution in [-0.2, 0) is 16.1 Å². The molecule has 2 aromatic heterocycles. The first kappa shape index (κ1) is 21.4. The molecule has 10 nitrogen and oxygen atoms in total. The molecule has 0 atom stereocenters. The number of hydrogen-bond acceptors (Lipinski definition) is 8. The van der Waals surface area contributed by atoms with Gasteiger partial charge in [-0.25, -0.2) is 4.98 Å². The number of carbonyl (C=O) groups is 1. The summed E-state index contributed by atoms with van der Waals surface area (Å²) in [6, 6.07) is 8.34. The molecule has 0 saturated carbocycles. The Kier molecular flexibility index (Phi) is 6.25. The molecule has 2 aliphatic heterocycles. The molecule has 0 bridgehead atoms. The predicted octanol–water partition coefficient (Wildman–Crippen LogP) is 2.46. The van der Waals surface area contributed by atoms with Crippen molar-refractivity contribution in [1.29, 1.82) is 0 Å². The number of hydrogen-bond donors (Lipinski definition) is 2. The van der Waals surface area contributed by atoms with Crippen LogP contribution in [0, 0.1) is 0 Å². The first-order valence-electron chi connectivity index (χ1n) is 11.7. The number of nitrogens with one attached hydrogen (secondary N) is 2. The summed E-state index contributed by atoms with van der Waals surface area (Å²) in [5.41, 5.74) is 3.58. The van der Waals surface area contributed by atoms with Crippen molar-refractivity contribution >= 4 is 40.2 Å². The molecular weight excluding hydrogens is 420 g/mol. The Morgan fingerprint density at radius 2 is 1.88 bits per heavy atom. The number of ether oxygens (including phenoxy) is 1. The Morgan fingerprint density at radius 3 is 2.61 bits per heavy atom. The van der Waals surface area contributed by atoms with Crippen LogP contribution in [-0.4, -0.2) is 76.3 Å². The molecule has 2 N–H and O–H groups in total. The van der Waals surface area contributed by atoms with Crippen molar-refractivity contribution in [3.05, 3.63) is 30.6 Å². The lowest BCUT2D eigenvalue weighted by molar-refractivity contribution is -0.127. The van der Waals surface area contributed by atoms with E-state index >= 15 is 0 Å². The second-order valence-corrected chi connectivity index (χ2v) is 8.29. The van der Waals surface area contributed by atoms with E-state index in [2.05, 4.69) is 54.8 Å². The summed E-state index contributed by atoms with van der Waals surface area (Å²) in [5.74, 6) is 1.44. The van der Waals surface area contributed by atoms with Gasteiger partial charge in [-0.3, -0.25) is 4.79 Å². The largest absolute Gasteiger partial charge is 0.378 e. The zero-order chi connectivity index (χ0) is 22.6. The van der Waals surface area contributed by atoms with Crippen LogP contribution in [0.3, 0.4) is 0 Å². The molecule has 2 aliphatic rings. The molecule has 0 unspecified atom stereocenters. The van der Waals surface area contributed by atoms with Gasteiger partial charge in [0.2, 0.25) is 11.9 Å². The van der Waals surface area contributed by atoms with Gasteiger partial charge in [-0.05, 0) is 37.6 Å². The van der Waals surface area contributed by atoms with Crippen LogP contribution in [0.2, 0.25) is 0 Å². The van der Waals surface area contributed by atoms with Gasteiger partial charge in [-0.1, -0.05) is 0 Å². The quantitative estimate of drug-likeness (QED) is 0.540. The fourth-order valence-corrected chi connectivity index (χ4v) is 4.31. The number of fused-ring (bicyclic) bond motifs is 1. The Balaban J connectivity index is 1.37. The summed E-state index contributed by atoms with van der Waals surface area (Å²) >= 11 is 0. The zero-order valence-corrected chi connectivity index (χ0v) is 19.0. The molecule has 5 rings (SSSR count). The van der Waals surface area contributed by atoms with Crippen LogP contribution in [0.5, 0.6) is 0 Å². The lowest BCUT2D eigenvalue weighted by atomic mass is 10.2. The second-order valence-electron chi connectivity index (χ2n) is 8.29. The third-order valence-corrected chi connectivity index (χ3v) is 6.09. The number of rotatable bonds is 8. The first-order chi connectivity index (χ1) is 16.2. The molecular formula is C23H30N8O2. The minimum absolute atomic E-state index is 0.227. The molecule has 1 amide bonds. The Hall–Kier alpha value is -3.40. The number of nitrogens with zero attached hydrogens (tertiary/aromatic N) is 6. The zero-order valence-electron chi connectivity index (χ0n) is 19.0. The van der Waals surface area contributed by atoms with Crippen LogP contribution in [0.15, 0.2) is 30.6 Å². The predicted molar refractivity (Wildman–Crippen MR) is 128 cm³/mol. The highest BCUT2D eigenvalue weighted by Gasteiger charge is 2.20. The van der Waals surface area contributed by atoms with Crippen molar-refractivity contribution in [2.75, 3.05) is 61.5 Å². The van der Waals surface area contributed by atoms with Crippen molar-refractivity contribution in [3.63, 3.8) is 0 Å². The molecule has 10 heteroatoms. The molecule has 0 spiro atoms. The molecule has 4 heterocycles. The van der Waals surface area contributed by atoms with Gasteiger partial charge in [0.05, 0.1) is 19.5 Å². The number of aromatic nitrogens is 4. The van der Waals surface area contributed by atoms with Crippen LogP contribution in [0.1, 0.15) is 19.8 Å². The van der Waals surface area contributed by atoms with E-state index in [1.165, 1.54) is 5.69 Å². The van der Waals surface area contributed by atoms with E-state index in [9.17, 15) is 4.79 Å². The molecule has 0 aliphatic carbocycles. The first-order valence-corrected chi connectivity index (χ1v) is 11.7. The van der Waals surface area contributed by atoms with E-state index < -0.39 is 0 Å². The number of carbonyl (C=O) groups excluding carboxylic acids is 1. The van der Waals surface area contributed by atoms with Gasteiger partial charge in [0.25, 0.3) is 0 Å². The summed E-state index contributed by atoms with van der Waals surface area (Å²) in [5, 5.41) is 6.63. The molecule has 2 fully saturated rings. The maximum atomic E-state index is 12.0. The summed E-state index contributed by atoms with van der Waals surface area (Å²) in [7, 11) is 0. The molecule has 1 aromatic carbocycles. The minimum Gasteiger partial charge on any atom is -0.378 e. The smallest absolute Gasteiger partial charge is 0.226 e. The summed E-state index contributed by atoms with van der Waals surface area (Å²) in [6.45, 7) is 8.22. The van der Waals surface area contributed by atoms with Gasteiger partial charge >= 0.3 is 0 Å². The van der Waals surface area contributed by atoms with Crippen molar-refractivity contribution < 1.29 is 9.53 Å². The second kappa shape index (κ2) is 9.62. The topological polar surface area (TPSA) is 100 Å². The maximum absolute atomic E-state index is 12.0. The van der Waals surface area contributed by atoms with E-state index in [-0.39, 0.29) is 5.91 Å². The fraction of sp³-hybridized carbons (Fsp3) is 0.478. The standard InChI is InChI=1S/C23H30N8O2/c1-2-24-23-27-21(26-17-5-7-18(8-6-17)29-12-14-33-15-13-29)20-22(28-23)31(16-25-20)11-10-30-9-3-4-19(30)32/h5-8,16H,2-4,9-15H2,1H3,(H2,24,26,27,28). The molecule has 33 heavy (non-hydrogen) atoms. The van der Waals surface area contributed by atoms with Gasteiger partial charge in [-0.2, -0.15) is 9.97 Å². The number of morpholine rings is 1. The van der Waals surface area contributed by atoms with Crippen molar-refractivity contribution in [3.8, 4) is 0 Å². The third kappa shape index (κ3) is 4.70. The van der Waals surface area contributed by atoms with E-state index in [0.29, 0.717) is 36.8 Å². The van der Waals surface area contributed by atoms with Crippen molar-refractivity contribution in [2.24, 2.45) is 0 Å². The minimum atomic E-state index is 0.227. The van der Waals surface area contributed by atoms with Gasteiger partial charge in [0.1, 0.15) is 0 Å². The van der Waals surface area contributed by atoms with Crippen LogP contribution >= 0.6 is 0 Å². The molecule has 0 radical (unpaired) electrons. The van der Waals surface area contributed by atoms with Crippen LogP contribution in [0.25, 0.3) is 11.2 Å². The highest BCUT2D eigenvalue weighted by atomic mass is 16.5. The van der Waals surface area contributed by atoms with E-state index in [1.54, 1.807) is 6.33 Å². The lowest BCUT2D eigenvalue weighted by Gasteiger charge is -2.28. The lowest BCUT2D eigenvalue weighted by Crippen LogP contribution is -2.36. The summed E-state index contributed by atoms with van der Waals surface area (Å²) in [4.78, 5) is 30.1. The molecule has 174 valence electrons. The normalized spacial score (nSPS) is 16.6. The van der Waals surface area contributed by atoms with E-state index in [0.717, 1.165) is 57.1 Å². The number of anilines is 4. The molecule has 3 aromatic rings. The Bertz CT molecular complexity index is 1110. The molecule has 2 saturated heterocycles. The number of benzene rings is 1. The van der Waals surface area contributed by atoms with Crippen molar-refractivity contribution in [1.82, 2.24) is 24.4 Å². The van der Waals surface area contributed by atoms with Gasteiger partial charge in [-0.15, -0.1) is 0 Å². The Morgan fingerprint density at radius 1 is 1.06 bits per heavy atom. The maximum Gasteiger partial charge on any atom is 0.226 e. The SMILES string of the molecule is CCNc1nc(Nc2ccc(N3CCOCC3)cc2)c2ncn(CCN3CCCC3=O)c2n1. The summed E-state index contributed by atoms with van der Waals surface area (Å²) in [6.07, 6.45) is 3.37. The van der Waals surface area contributed by atoms with Gasteiger partial charge < -0.3 is 29.7 Å². The van der Waals surface area contributed by atoms with Crippen molar-refractivity contribution in [2.45, 2.75) is 26.3 Å². The average Bonchev–Trinajstić information content (AvgIpc) is 3.45. The number of amides is 1. The van der Waals surface area contributed by atoms with Crippen LogP contribution < -0.4 is 15.5 Å². The number of imidazole rings is 1. The monoisotopic (exact) mass is 450 g/mol. The Labute approximate surface area is 193 Å². The average molecular weight is 451 g/mol. The highest BCUT2D eigenvalue weighted by Crippen LogP contribution is 2.26. The number of likely N-dealkylation sites (tertiary alicyclic amines) is 1. The highest BCUT2D eigenvalue weighted by molar-refractivity contribution is 5.86. The third-order valence-electron chi connectivity index (χ3n) is 6.09. The van der Waals surface area contributed by atoms with E-state index in [1.807, 2.05) is 16.4 Å². The van der Waals surface area contributed by atoms with Gasteiger partial charge in [0.15, 0.2) is 17.0 Å².